The average molecular weight is 375 g/mol. The maximum absolute atomic E-state index is 13.0. The van der Waals surface area contributed by atoms with E-state index in [1.165, 1.54) is 9.58 Å². The molecule has 3 aromatic rings. The summed E-state index contributed by atoms with van der Waals surface area (Å²) in [4.78, 5) is 1.49. The first-order valence-corrected chi connectivity index (χ1v) is 8.40. The largest absolute Gasteiger partial charge is 0.416 e. The first-order chi connectivity index (χ1) is 13.0. The first-order valence-electron chi connectivity index (χ1n) is 8.40. The summed E-state index contributed by atoms with van der Waals surface area (Å²) in [5, 5.41) is 11.5. The minimum absolute atomic E-state index is 0.0377. The van der Waals surface area contributed by atoms with Gasteiger partial charge < -0.3 is 9.64 Å². The van der Waals surface area contributed by atoms with Crippen LogP contribution in [0, 0.1) is 0 Å². The second-order valence-corrected chi connectivity index (χ2v) is 6.15. The molecule has 27 heavy (non-hydrogen) atoms. The van der Waals surface area contributed by atoms with Crippen molar-refractivity contribution in [2.24, 2.45) is 0 Å². The van der Waals surface area contributed by atoms with Gasteiger partial charge in [-0.25, -0.2) is 0 Å². The molecule has 0 spiro atoms. The van der Waals surface area contributed by atoms with Gasteiger partial charge in [0.05, 0.1) is 18.8 Å². The summed E-state index contributed by atoms with van der Waals surface area (Å²) in [6.45, 7) is -0.0923. The summed E-state index contributed by atoms with van der Waals surface area (Å²) in [7, 11) is 0. The molecule has 0 aliphatic carbocycles. The van der Waals surface area contributed by atoms with Crippen molar-refractivity contribution < 1.29 is 17.9 Å². The normalized spacial score (nSPS) is 17.9. The molecule has 1 atom stereocenters. The van der Waals surface area contributed by atoms with Gasteiger partial charge in [-0.15, -0.1) is 0 Å². The van der Waals surface area contributed by atoms with Gasteiger partial charge in [-0.05, 0) is 33.7 Å². The second kappa shape index (κ2) is 6.99. The molecule has 0 N–H and O–H groups in total. The first kappa shape index (κ1) is 17.5. The lowest BCUT2D eigenvalue weighted by atomic mass is 10.1. The van der Waals surface area contributed by atoms with E-state index in [9.17, 15) is 13.2 Å². The number of anilines is 1. The Kier molecular flexibility index (Phi) is 4.53. The molecule has 1 saturated heterocycles. The molecule has 6 nitrogen and oxygen atoms in total. The Morgan fingerprint density at radius 1 is 0.963 bits per heavy atom. The Labute approximate surface area is 153 Å². The fraction of sp³-hybridized carbons (Fsp3) is 0.278. The molecular formula is C18H16F3N5O. The predicted octanol–water partition coefficient (Wildman–Crippen LogP) is 3.10. The summed E-state index contributed by atoms with van der Waals surface area (Å²) in [6, 6.07) is 17.4. The van der Waals surface area contributed by atoms with Gasteiger partial charge in [0.1, 0.15) is 0 Å². The number of alkyl halides is 3. The van der Waals surface area contributed by atoms with E-state index in [1.807, 2.05) is 54.6 Å². The van der Waals surface area contributed by atoms with Gasteiger partial charge in [-0.1, -0.05) is 47.6 Å². The van der Waals surface area contributed by atoms with Crippen LogP contribution in [0.3, 0.4) is 0 Å². The minimum Gasteiger partial charge on any atom is -0.365 e. The number of hydrogen-bond acceptors (Lipinski definition) is 5. The number of ether oxygens (including phenoxy) is 1. The van der Waals surface area contributed by atoms with Crippen molar-refractivity contribution >= 4 is 5.95 Å². The molecule has 1 aliphatic heterocycles. The molecular weight excluding hydrogens is 359 g/mol. The van der Waals surface area contributed by atoms with Crippen LogP contribution in [-0.4, -0.2) is 52.2 Å². The van der Waals surface area contributed by atoms with E-state index < -0.39 is 12.3 Å². The Balaban J connectivity index is 1.59. The average Bonchev–Trinajstić information content (AvgIpc) is 3.18. The molecule has 0 unspecified atom stereocenters. The third-order valence-electron chi connectivity index (χ3n) is 4.39. The van der Waals surface area contributed by atoms with Crippen LogP contribution in [0.15, 0.2) is 54.6 Å². The quantitative estimate of drug-likeness (QED) is 0.704. The molecule has 2 heterocycles. The number of hydrogen-bond donors (Lipinski definition) is 0. The highest BCUT2D eigenvalue weighted by Crippen LogP contribution is 2.28. The monoisotopic (exact) mass is 375 g/mol. The van der Waals surface area contributed by atoms with Crippen LogP contribution < -0.4 is 4.90 Å². The summed E-state index contributed by atoms with van der Waals surface area (Å²) in [6.07, 6.45) is -6.27. The smallest absolute Gasteiger partial charge is 0.365 e. The summed E-state index contributed by atoms with van der Waals surface area (Å²) < 4.78 is 45.2. The van der Waals surface area contributed by atoms with E-state index in [2.05, 4.69) is 15.5 Å². The molecule has 4 rings (SSSR count). The third kappa shape index (κ3) is 3.63. The van der Waals surface area contributed by atoms with Crippen molar-refractivity contribution in [1.29, 1.82) is 0 Å². The molecule has 1 aromatic heterocycles. The van der Waals surface area contributed by atoms with Gasteiger partial charge in [-0.3, -0.25) is 0 Å². The van der Waals surface area contributed by atoms with Crippen molar-refractivity contribution in [3.05, 3.63) is 54.6 Å². The van der Waals surface area contributed by atoms with Crippen molar-refractivity contribution in [3.8, 4) is 16.8 Å². The molecule has 140 valence electrons. The van der Waals surface area contributed by atoms with Gasteiger partial charge in [-0.2, -0.15) is 17.9 Å². The predicted molar refractivity (Wildman–Crippen MR) is 92.6 cm³/mol. The number of tetrazole rings is 1. The van der Waals surface area contributed by atoms with Gasteiger partial charge in [0, 0.05) is 6.54 Å². The topological polar surface area (TPSA) is 56.1 Å². The van der Waals surface area contributed by atoms with Crippen LogP contribution in [0.5, 0.6) is 0 Å². The van der Waals surface area contributed by atoms with Crippen molar-refractivity contribution in [1.82, 2.24) is 20.2 Å². The molecule has 0 amide bonds. The third-order valence-corrected chi connectivity index (χ3v) is 4.39. The lowest BCUT2D eigenvalue weighted by Crippen LogP contribution is -2.50. The Hall–Kier alpha value is -2.94. The van der Waals surface area contributed by atoms with Crippen LogP contribution in [0.2, 0.25) is 0 Å². The maximum Gasteiger partial charge on any atom is 0.416 e. The van der Waals surface area contributed by atoms with Crippen LogP contribution in [-0.2, 0) is 4.74 Å². The molecule has 1 fully saturated rings. The van der Waals surface area contributed by atoms with Crippen LogP contribution in [0.1, 0.15) is 0 Å². The van der Waals surface area contributed by atoms with Crippen LogP contribution in [0.25, 0.3) is 16.8 Å². The van der Waals surface area contributed by atoms with Gasteiger partial charge in [0.2, 0.25) is 0 Å². The maximum atomic E-state index is 13.0. The van der Waals surface area contributed by atoms with Gasteiger partial charge in [0.25, 0.3) is 5.95 Å². The zero-order valence-electron chi connectivity index (χ0n) is 14.2. The fourth-order valence-electron chi connectivity index (χ4n) is 3.00. The van der Waals surface area contributed by atoms with Crippen molar-refractivity contribution in [2.75, 3.05) is 24.6 Å². The van der Waals surface area contributed by atoms with E-state index in [1.54, 1.807) is 0 Å². The van der Waals surface area contributed by atoms with E-state index >= 15 is 0 Å². The number of halogens is 3. The van der Waals surface area contributed by atoms with Crippen molar-refractivity contribution in [2.45, 2.75) is 12.3 Å². The molecule has 0 bridgehead atoms. The Bertz CT molecular complexity index is 895. The fourth-order valence-corrected chi connectivity index (χ4v) is 3.00. The highest BCUT2D eigenvalue weighted by Gasteiger charge is 2.44. The number of nitrogens with zero attached hydrogens (tertiary/aromatic N) is 5. The SMILES string of the molecule is FC(F)(F)[C@H]1CN(c2nnnn2-c2ccc(-c3ccccc3)cc2)CCO1. The number of morpholine rings is 1. The van der Waals surface area contributed by atoms with Crippen LogP contribution >= 0.6 is 0 Å². The lowest BCUT2D eigenvalue weighted by Gasteiger charge is -2.33. The van der Waals surface area contributed by atoms with E-state index in [4.69, 9.17) is 4.74 Å². The van der Waals surface area contributed by atoms with E-state index in [0.717, 1.165) is 11.1 Å². The summed E-state index contributed by atoms with van der Waals surface area (Å²) in [5.41, 5.74) is 2.77. The summed E-state index contributed by atoms with van der Waals surface area (Å²) in [5.74, 6) is 0.264. The highest BCUT2D eigenvalue weighted by atomic mass is 19.4. The van der Waals surface area contributed by atoms with Gasteiger partial charge in [0.15, 0.2) is 6.10 Å². The standard InChI is InChI=1S/C18H16F3N5O/c19-18(20,21)16-12-25(10-11-27-16)17-22-23-24-26(17)15-8-6-14(7-9-15)13-4-2-1-3-5-13/h1-9,16H,10-12H2/t16-/m1/s1. The zero-order chi connectivity index (χ0) is 18.9. The second-order valence-electron chi connectivity index (χ2n) is 6.15. The van der Waals surface area contributed by atoms with Gasteiger partial charge >= 0.3 is 6.18 Å². The highest BCUT2D eigenvalue weighted by molar-refractivity contribution is 5.64. The zero-order valence-corrected chi connectivity index (χ0v) is 14.2. The number of rotatable bonds is 3. The molecule has 0 radical (unpaired) electrons. The number of benzene rings is 2. The van der Waals surface area contributed by atoms with E-state index in [-0.39, 0.29) is 25.6 Å². The number of aromatic nitrogens is 4. The summed E-state index contributed by atoms with van der Waals surface area (Å²) >= 11 is 0. The molecule has 0 saturated carbocycles. The van der Waals surface area contributed by atoms with Crippen molar-refractivity contribution in [3.63, 3.8) is 0 Å². The Morgan fingerprint density at radius 3 is 2.37 bits per heavy atom. The molecule has 2 aromatic carbocycles. The molecule has 1 aliphatic rings. The van der Waals surface area contributed by atoms with Crippen LogP contribution in [0.4, 0.5) is 19.1 Å². The molecule has 9 heteroatoms. The lowest BCUT2D eigenvalue weighted by molar-refractivity contribution is -0.221. The van der Waals surface area contributed by atoms with E-state index in [0.29, 0.717) is 5.69 Å². The Morgan fingerprint density at radius 2 is 1.67 bits per heavy atom. The minimum atomic E-state index is -4.42.